The van der Waals surface area contributed by atoms with Crippen molar-refractivity contribution in [2.24, 2.45) is 0 Å². The van der Waals surface area contributed by atoms with Crippen LogP contribution in [-0.4, -0.2) is 14.2 Å². The molecule has 3 heteroatoms. The number of hydrogen-bond acceptors (Lipinski definition) is 2. The van der Waals surface area contributed by atoms with Crippen LogP contribution in [0.5, 0.6) is 0 Å². The summed E-state index contributed by atoms with van der Waals surface area (Å²) < 4.78 is 0. The quantitative estimate of drug-likeness (QED) is 0.391. The molecule has 0 bridgehead atoms. The van der Waals surface area contributed by atoms with E-state index in [-0.39, 0.29) is 20.4 Å². The third-order valence-corrected chi connectivity index (χ3v) is 0. The van der Waals surface area contributed by atoms with Crippen molar-refractivity contribution in [3.05, 3.63) is 0 Å². The molecule has 5 heavy (non-hydrogen) atoms. The number of rotatable bonds is 0. The molecule has 0 saturated heterocycles. The molecule has 2 nitrogen and oxygen atoms in total. The van der Waals surface area contributed by atoms with Crippen LogP contribution in [0.1, 0.15) is 0 Å². The molecule has 0 fully saturated rings. The fraction of sp³-hybridized carbons (Fsp3) is 1.00. The van der Waals surface area contributed by atoms with Crippen molar-refractivity contribution in [1.82, 2.24) is 0 Å². The van der Waals surface area contributed by atoms with Crippen molar-refractivity contribution >= 4 is 0 Å². The van der Waals surface area contributed by atoms with E-state index in [1.807, 2.05) is 0 Å². The van der Waals surface area contributed by atoms with E-state index < -0.39 is 0 Å². The molecule has 0 saturated carbocycles. The predicted molar refractivity (Wildman–Crippen MR) is 11.8 cm³/mol. The second-order valence-corrected chi connectivity index (χ2v) is 0. The molecule has 36 valence electrons. The maximum absolute atomic E-state index is 8.25. The Labute approximate surface area is 45.5 Å². The first-order valence-electron chi connectivity index (χ1n) is 0.816. The van der Waals surface area contributed by atoms with E-state index in [0.717, 1.165) is 14.2 Å². The Balaban J connectivity index is -0.0000000133. The summed E-state index contributed by atoms with van der Waals surface area (Å²) >= 11 is 0. The second kappa shape index (κ2) is 173. The Hall–Kier alpha value is 0.582. The minimum Gasteiger partial charge on any atom is -0.857 e. The predicted octanol–water partition coefficient (Wildman–Crippen LogP) is -2.05. The van der Waals surface area contributed by atoms with Crippen molar-refractivity contribution in [1.29, 1.82) is 0 Å². The van der Waals surface area contributed by atoms with Gasteiger partial charge >= 0.3 is 20.4 Å². The zero-order valence-electron chi connectivity index (χ0n) is 3.13. The van der Waals surface area contributed by atoms with Gasteiger partial charge in [-0.3, -0.25) is 0 Å². The molecule has 0 heterocycles. The molecule has 0 unspecified atom stereocenters. The van der Waals surface area contributed by atoms with E-state index in [2.05, 4.69) is 0 Å². The molecule has 0 aliphatic heterocycles. The first kappa shape index (κ1) is 17.6. The van der Waals surface area contributed by atoms with Gasteiger partial charge in [0.1, 0.15) is 0 Å². The van der Waals surface area contributed by atoms with Gasteiger partial charge in [-0.15, -0.1) is 0 Å². The zero-order chi connectivity index (χ0) is 4.00. The van der Waals surface area contributed by atoms with E-state index in [9.17, 15) is 0 Å². The second-order valence-electron chi connectivity index (χ2n) is 0. The minimum atomic E-state index is 0. The molecule has 0 amide bonds. The van der Waals surface area contributed by atoms with Gasteiger partial charge in [-0.05, 0) is 0 Å². The summed E-state index contributed by atoms with van der Waals surface area (Å²) in [7, 11) is 1.50. The molecular formula is C2H6O2Pd. The molecule has 0 N–H and O–H groups in total. The van der Waals surface area contributed by atoms with Crippen LogP contribution in [0.15, 0.2) is 0 Å². The van der Waals surface area contributed by atoms with Crippen LogP contribution in [-0.2, 0) is 20.4 Å². The van der Waals surface area contributed by atoms with Gasteiger partial charge in [-0.1, -0.05) is 0 Å². The topological polar surface area (TPSA) is 46.1 Å². The van der Waals surface area contributed by atoms with Gasteiger partial charge in [-0.2, -0.15) is 14.2 Å². The summed E-state index contributed by atoms with van der Waals surface area (Å²) in [5.74, 6) is 0. The Morgan fingerprint density at radius 3 is 0.800 bits per heavy atom. The van der Waals surface area contributed by atoms with Crippen LogP contribution < -0.4 is 10.2 Å². The Bertz CT molecular complexity index is 7.61. The third-order valence-electron chi connectivity index (χ3n) is 0. The van der Waals surface area contributed by atoms with Gasteiger partial charge in [0.15, 0.2) is 0 Å². The standard InChI is InChI=1S/2CH3O.Pd/c2*1-2;/h2*1H3;/q2*-1;+2. The average molecular weight is 168 g/mol. The van der Waals surface area contributed by atoms with Gasteiger partial charge in [0.2, 0.25) is 0 Å². The monoisotopic (exact) mass is 168 g/mol. The molecule has 0 aliphatic carbocycles. The minimum absolute atomic E-state index is 0. The SMILES string of the molecule is C[O-].C[O-].[Pd+2]. The Morgan fingerprint density at radius 2 is 0.800 bits per heavy atom. The molecule has 0 atom stereocenters. The molecule has 0 aromatic carbocycles. The molecule has 0 radical (unpaired) electrons. The summed E-state index contributed by atoms with van der Waals surface area (Å²) in [5, 5.41) is 16.5. The van der Waals surface area contributed by atoms with E-state index in [0.29, 0.717) is 0 Å². The first-order valence-corrected chi connectivity index (χ1v) is 0.816. The summed E-state index contributed by atoms with van der Waals surface area (Å²) in [5.41, 5.74) is 0. The Morgan fingerprint density at radius 1 is 0.800 bits per heavy atom. The fourth-order valence-electron chi connectivity index (χ4n) is 0. The van der Waals surface area contributed by atoms with Crippen molar-refractivity contribution in [2.75, 3.05) is 14.2 Å². The van der Waals surface area contributed by atoms with Gasteiger partial charge in [0.25, 0.3) is 0 Å². The van der Waals surface area contributed by atoms with Crippen LogP contribution >= 0.6 is 0 Å². The average Bonchev–Trinajstić information content (AvgIpc) is 1.50. The normalized spacial score (nSPS) is 2.40. The van der Waals surface area contributed by atoms with Crippen LogP contribution in [0, 0.1) is 0 Å². The summed E-state index contributed by atoms with van der Waals surface area (Å²) in [4.78, 5) is 0. The Kier molecular flexibility index (Phi) is 610. The number of hydrogen-bond donors (Lipinski definition) is 0. The smallest absolute Gasteiger partial charge is 0.857 e. The van der Waals surface area contributed by atoms with Crippen LogP contribution in [0.25, 0.3) is 0 Å². The van der Waals surface area contributed by atoms with Crippen LogP contribution in [0.2, 0.25) is 0 Å². The summed E-state index contributed by atoms with van der Waals surface area (Å²) in [6, 6.07) is 0. The maximum atomic E-state index is 8.25. The zero-order valence-corrected chi connectivity index (χ0v) is 4.69. The van der Waals surface area contributed by atoms with E-state index in [1.54, 1.807) is 0 Å². The first-order chi connectivity index (χ1) is 2.00. The third kappa shape index (κ3) is 90.1. The van der Waals surface area contributed by atoms with E-state index in [4.69, 9.17) is 10.2 Å². The van der Waals surface area contributed by atoms with Gasteiger partial charge in [0, 0.05) is 0 Å². The van der Waals surface area contributed by atoms with E-state index in [1.165, 1.54) is 0 Å². The maximum Gasteiger partial charge on any atom is 2.00 e. The van der Waals surface area contributed by atoms with Gasteiger partial charge in [-0.25, -0.2) is 0 Å². The van der Waals surface area contributed by atoms with Crippen molar-refractivity contribution in [3.63, 3.8) is 0 Å². The molecule has 0 rings (SSSR count). The summed E-state index contributed by atoms with van der Waals surface area (Å²) in [6.07, 6.45) is 0. The fourth-order valence-corrected chi connectivity index (χ4v) is 0. The van der Waals surface area contributed by atoms with Crippen LogP contribution in [0.3, 0.4) is 0 Å². The largest absolute Gasteiger partial charge is 2.00 e. The van der Waals surface area contributed by atoms with Gasteiger partial charge < -0.3 is 10.2 Å². The van der Waals surface area contributed by atoms with E-state index >= 15 is 0 Å². The van der Waals surface area contributed by atoms with Crippen LogP contribution in [0.4, 0.5) is 0 Å². The van der Waals surface area contributed by atoms with Crippen molar-refractivity contribution in [2.45, 2.75) is 0 Å². The molecule has 0 aliphatic rings. The summed E-state index contributed by atoms with van der Waals surface area (Å²) in [6.45, 7) is 0. The van der Waals surface area contributed by atoms with Gasteiger partial charge in [0.05, 0.1) is 0 Å². The van der Waals surface area contributed by atoms with Crippen molar-refractivity contribution in [3.8, 4) is 0 Å². The molecule has 0 aromatic heterocycles. The molecule has 0 spiro atoms. The molecular weight excluding hydrogens is 162 g/mol. The molecule has 0 aromatic rings. The van der Waals surface area contributed by atoms with Crippen molar-refractivity contribution < 1.29 is 30.6 Å².